The molecule has 0 atom stereocenters. The van der Waals surface area contributed by atoms with Gasteiger partial charge in [0.15, 0.2) is 5.78 Å². The zero-order chi connectivity index (χ0) is 19.5. The van der Waals surface area contributed by atoms with Gasteiger partial charge in [-0.25, -0.2) is 9.97 Å². The Bertz CT molecular complexity index is 1160. The van der Waals surface area contributed by atoms with E-state index in [0.717, 1.165) is 26.4 Å². The maximum absolute atomic E-state index is 12.5. The molecule has 28 heavy (non-hydrogen) atoms. The lowest BCUT2D eigenvalue weighted by Crippen LogP contribution is -2.03. The van der Waals surface area contributed by atoms with Gasteiger partial charge >= 0.3 is 0 Å². The highest BCUT2D eigenvalue weighted by molar-refractivity contribution is 8.00. The van der Waals surface area contributed by atoms with Crippen molar-refractivity contribution < 1.29 is 9.72 Å². The van der Waals surface area contributed by atoms with Crippen LogP contribution in [0.15, 0.2) is 71.3 Å². The lowest BCUT2D eigenvalue weighted by Gasteiger charge is -2.05. The quantitative estimate of drug-likeness (QED) is 0.143. The molecule has 4 rings (SSSR count). The van der Waals surface area contributed by atoms with E-state index in [2.05, 4.69) is 15.3 Å². The molecule has 0 N–H and O–H groups in total. The molecule has 0 spiro atoms. The molecule has 138 valence electrons. The van der Waals surface area contributed by atoms with Crippen LogP contribution in [-0.2, 0) is 0 Å². The molecular weight excluding hydrogens is 394 g/mol. The van der Waals surface area contributed by atoms with Gasteiger partial charge in [0.05, 0.1) is 16.1 Å². The Labute approximate surface area is 168 Å². The summed E-state index contributed by atoms with van der Waals surface area (Å²) in [5, 5.41) is 14.5. The number of aromatic nitrogens is 2. The maximum atomic E-state index is 12.5. The number of thioether (sulfide) groups is 1. The third kappa shape index (κ3) is 3.64. The number of non-ortho nitro benzene ring substituents is 1. The van der Waals surface area contributed by atoms with Crippen LogP contribution in [0.5, 0.6) is 0 Å². The van der Waals surface area contributed by atoms with Gasteiger partial charge in [0.25, 0.3) is 5.69 Å². The first-order valence-electron chi connectivity index (χ1n) is 8.31. The first-order chi connectivity index (χ1) is 13.6. The van der Waals surface area contributed by atoms with E-state index in [4.69, 9.17) is 0 Å². The van der Waals surface area contributed by atoms with Gasteiger partial charge in [-0.2, -0.15) is 0 Å². The van der Waals surface area contributed by atoms with Crippen LogP contribution in [0.25, 0.3) is 21.3 Å². The summed E-state index contributed by atoms with van der Waals surface area (Å²) in [5.74, 6) is 0.0803. The molecule has 8 heteroatoms. The monoisotopic (exact) mass is 407 g/mol. The molecule has 2 aromatic carbocycles. The standard InChI is InChI=1S/C20H13N3O3S2/c24-17(14-6-8-15(9-7-14)23(25)26)11-28-20-18-16(13-4-2-1-3-5-13)10-27-19(18)21-12-22-20/h1-10,12H,11H2. The molecule has 0 unspecified atom stereocenters. The second-order valence-corrected chi connectivity index (χ2v) is 7.71. The Morgan fingerprint density at radius 3 is 2.54 bits per heavy atom. The molecule has 0 aliphatic carbocycles. The topological polar surface area (TPSA) is 86.0 Å². The van der Waals surface area contributed by atoms with Crippen LogP contribution in [0.2, 0.25) is 0 Å². The van der Waals surface area contributed by atoms with Crippen molar-refractivity contribution in [2.24, 2.45) is 0 Å². The zero-order valence-corrected chi connectivity index (χ0v) is 16.1. The van der Waals surface area contributed by atoms with Gasteiger partial charge in [0.1, 0.15) is 16.2 Å². The van der Waals surface area contributed by atoms with Gasteiger partial charge < -0.3 is 0 Å². The minimum atomic E-state index is -0.484. The summed E-state index contributed by atoms with van der Waals surface area (Å²) in [6.45, 7) is 0. The molecule has 0 fully saturated rings. The summed E-state index contributed by atoms with van der Waals surface area (Å²) < 4.78 is 0. The lowest BCUT2D eigenvalue weighted by molar-refractivity contribution is -0.384. The molecular formula is C20H13N3O3S2. The number of ketones is 1. The number of nitro groups is 1. The summed E-state index contributed by atoms with van der Waals surface area (Å²) in [4.78, 5) is 32.4. The molecule has 2 heterocycles. The largest absolute Gasteiger partial charge is 0.293 e. The van der Waals surface area contributed by atoms with E-state index in [0.29, 0.717) is 5.56 Å². The SMILES string of the molecule is O=C(CSc1ncnc2scc(-c3ccccc3)c12)c1ccc([N+](=O)[O-])cc1. The number of carbonyl (C=O) groups excluding carboxylic acids is 1. The Hall–Kier alpha value is -3.10. The Kier molecular flexibility index (Phi) is 5.14. The highest BCUT2D eigenvalue weighted by Crippen LogP contribution is 2.37. The van der Waals surface area contributed by atoms with Crippen LogP contribution in [0.1, 0.15) is 10.4 Å². The number of carbonyl (C=O) groups is 1. The second-order valence-electron chi connectivity index (χ2n) is 5.89. The predicted octanol–water partition coefficient (Wildman–Crippen LogP) is 5.24. The van der Waals surface area contributed by atoms with Crippen LogP contribution in [-0.4, -0.2) is 26.4 Å². The van der Waals surface area contributed by atoms with Crippen molar-refractivity contribution in [2.75, 3.05) is 5.75 Å². The number of nitrogens with zero attached hydrogens (tertiary/aromatic N) is 3. The van der Waals surface area contributed by atoms with Crippen LogP contribution in [0, 0.1) is 10.1 Å². The van der Waals surface area contributed by atoms with Crippen LogP contribution in [0.3, 0.4) is 0 Å². The molecule has 0 saturated heterocycles. The highest BCUT2D eigenvalue weighted by atomic mass is 32.2. The van der Waals surface area contributed by atoms with E-state index >= 15 is 0 Å². The summed E-state index contributed by atoms with van der Waals surface area (Å²) in [5.41, 5.74) is 2.53. The number of benzene rings is 2. The normalized spacial score (nSPS) is 10.9. The molecule has 6 nitrogen and oxygen atoms in total. The van der Waals surface area contributed by atoms with E-state index in [9.17, 15) is 14.9 Å². The van der Waals surface area contributed by atoms with Crippen LogP contribution in [0.4, 0.5) is 5.69 Å². The summed E-state index contributed by atoms with van der Waals surface area (Å²) in [6, 6.07) is 15.6. The Morgan fingerprint density at radius 2 is 1.82 bits per heavy atom. The molecule has 0 radical (unpaired) electrons. The van der Waals surface area contributed by atoms with E-state index in [-0.39, 0.29) is 17.2 Å². The number of hydrogen-bond acceptors (Lipinski definition) is 7. The maximum Gasteiger partial charge on any atom is 0.269 e. The van der Waals surface area contributed by atoms with Gasteiger partial charge in [-0.1, -0.05) is 42.1 Å². The highest BCUT2D eigenvalue weighted by Gasteiger charge is 2.16. The fourth-order valence-electron chi connectivity index (χ4n) is 2.77. The summed E-state index contributed by atoms with van der Waals surface area (Å²) >= 11 is 2.89. The average molecular weight is 407 g/mol. The molecule has 2 aromatic heterocycles. The van der Waals surface area contributed by atoms with Crippen molar-refractivity contribution in [1.29, 1.82) is 0 Å². The number of Topliss-reactive ketones (excluding diaryl/α,β-unsaturated/α-hetero) is 1. The number of hydrogen-bond donors (Lipinski definition) is 0. The van der Waals surface area contributed by atoms with Gasteiger partial charge in [-0.05, 0) is 17.7 Å². The molecule has 4 aromatic rings. The summed E-state index contributed by atoms with van der Waals surface area (Å²) in [6.07, 6.45) is 1.51. The number of nitro benzene ring substituents is 1. The number of rotatable bonds is 6. The molecule has 0 saturated carbocycles. The second kappa shape index (κ2) is 7.87. The average Bonchev–Trinajstić information content (AvgIpc) is 3.17. The zero-order valence-electron chi connectivity index (χ0n) is 14.4. The third-order valence-electron chi connectivity index (χ3n) is 4.16. The summed E-state index contributed by atoms with van der Waals surface area (Å²) in [7, 11) is 0. The third-order valence-corrected chi connectivity index (χ3v) is 6.04. The van der Waals surface area contributed by atoms with Crippen molar-refractivity contribution in [3.63, 3.8) is 0 Å². The predicted molar refractivity (Wildman–Crippen MR) is 111 cm³/mol. The first-order valence-corrected chi connectivity index (χ1v) is 10.2. The molecule has 0 amide bonds. The minimum Gasteiger partial charge on any atom is -0.293 e. The fraction of sp³-hybridized carbons (Fsp3) is 0.0500. The molecule has 0 aliphatic heterocycles. The van der Waals surface area contributed by atoms with Gasteiger partial charge in [-0.15, -0.1) is 11.3 Å². The van der Waals surface area contributed by atoms with Crippen LogP contribution < -0.4 is 0 Å². The van der Waals surface area contributed by atoms with Crippen molar-refractivity contribution >= 4 is 44.8 Å². The van der Waals surface area contributed by atoms with Crippen molar-refractivity contribution in [1.82, 2.24) is 9.97 Å². The van der Waals surface area contributed by atoms with E-state index in [1.54, 1.807) is 11.3 Å². The van der Waals surface area contributed by atoms with Crippen LogP contribution >= 0.6 is 23.1 Å². The van der Waals surface area contributed by atoms with Crippen molar-refractivity contribution in [3.05, 3.63) is 82.0 Å². The van der Waals surface area contributed by atoms with E-state index in [1.165, 1.54) is 42.4 Å². The van der Waals surface area contributed by atoms with Crippen molar-refractivity contribution in [3.8, 4) is 11.1 Å². The Balaban J connectivity index is 1.59. The van der Waals surface area contributed by atoms with E-state index < -0.39 is 4.92 Å². The van der Waals surface area contributed by atoms with Gasteiger partial charge in [0.2, 0.25) is 0 Å². The fourth-order valence-corrected chi connectivity index (χ4v) is 4.66. The van der Waals surface area contributed by atoms with Crippen molar-refractivity contribution in [2.45, 2.75) is 5.03 Å². The lowest BCUT2D eigenvalue weighted by atomic mass is 10.1. The number of thiophene rings is 1. The Morgan fingerprint density at radius 1 is 1.07 bits per heavy atom. The van der Waals surface area contributed by atoms with Gasteiger partial charge in [-0.3, -0.25) is 14.9 Å². The van der Waals surface area contributed by atoms with E-state index in [1.807, 2.05) is 30.3 Å². The molecule has 0 aliphatic rings. The first kappa shape index (κ1) is 18.3. The van der Waals surface area contributed by atoms with Gasteiger partial charge in [0, 0.05) is 28.6 Å². The molecule has 0 bridgehead atoms. The number of fused-ring (bicyclic) bond motifs is 1. The minimum absolute atomic E-state index is 0.0347. The smallest absolute Gasteiger partial charge is 0.269 e.